The molecule has 1 saturated carbocycles. The summed E-state index contributed by atoms with van der Waals surface area (Å²) in [5, 5.41) is 10.5. The molecule has 0 aromatic heterocycles. The fourth-order valence-electron chi connectivity index (χ4n) is 2.55. The third-order valence-corrected chi connectivity index (χ3v) is 3.85. The van der Waals surface area contributed by atoms with Crippen LogP contribution in [0.5, 0.6) is 11.5 Å². The van der Waals surface area contributed by atoms with Crippen molar-refractivity contribution in [3.63, 3.8) is 0 Å². The van der Waals surface area contributed by atoms with E-state index < -0.39 is 5.54 Å². The molecule has 1 aliphatic rings. The molecule has 0 spiro atoms. The van der Waals surface area contributed by atoms with Crippen LogP contribution in [0, 0.1) is 0 Å². The van der Waals surface area contributed by atoms with E-state index in [1.807, 2.05) is 0 Å². The molecule has 0 aliphatic heterocycles. The van der Waals surface area contributed by atoms with Gasteiger partial charge in [0.1, 0.15) is 11.5 Å². The number of aromatic hydroxyl groups is 1. The first kappa shape index (κ1) is 12.5. The average Bonchev–Trinajstić information content (AvgIpc) is 2.32. The fourth-order valence-corrected chi connectivity index (χ4v) is 2.79. The standard InChI is InChI=1S/C13H18ClNO2/c1-17-12-8-11(16)9(7-10(12)14)13(15)5-3-2-4-6-13/h7-8,16H,2-6,15H2,1H3. The van der Waals surface area contributed by atoms with Crippen LogP contribution in [0.3, 0.4) is 0 Å². The van der Waals surface area contributed by atoms with Crippen molar-refractivity contribution in [1.29, 1.82) is 0 Å². The summed E-state index contributed by atoms with van der Waals surface area (Å²) in [4.78, 5) is 0. The lowest BCUT2D eigenvalue weighted by Gasteiger charge is -2.34. The SMILES string of the molecule is COc1cc(O)c(C2(N)CCCCC2)cc1Cl. The highest BCUT2D eigenvalue weighted by Gasteiger charge is 2.32. The fraction of sp³-hybridized carbons (Fsp3) is 0.538. The molecule has 4 heteroatoms. The molecule has 3 nitrogen and oxygen atoms in total. The van der Waals surface area contributed by atoms with Gasteiger partial charge in [-0.2, -0.15) is 0 Å². The smallest absolute Gasteiger partial charge is 0.141 e. The molecule has 1 fully saturated rings. The molecule has 0 saturated heterocycles. The van der Waals surface area contributed by atoms with Crippen molar-refractivity contribution in [2.75, 3.05) is 7.11 Å². The number of halogens is 1. The Morgan fingerprint density at radius 1 is 1.29 bits per heavy atom. The van der Waals surface area contributed by atoms with Gasteiger partial charge in [-0.25, -0.2) is 0 Å². The number of methoxy groups -OCH3 is 1. The van der Waals surface area contributed by atoms with E-state index >= 15 is 0 Å². The molecule has 1 aliphatic carbocycles. The van der Waals surface area contributed by atoms with Crippen LogP contribution >= 0.6 is 11.6 Å². The quantitative estimate of drug-likeness (QED) is 0.853. The number of nitrogens with two attached hydrogens (primary N) is 1. The molecule has 0 radical (unpaired) electrons. The van der Waals surface area contributed by atoms with Crippen molar-refractivity contribution < 1.29 is 9.84 Å². The Hall–Kier alpha value is -0.930. The maximum atomic E-state index is 10.0. The Balaban J connectivity index is 2.41. The summed E-state index contributed by atoms with van der Waals surface area (Å²) >= 11 is 6.09. The predicted molar refractivity (Wildman–Crippen MR) is 68.6 cm³/mol. The lowest BCUT2D eigenvalue weighted by atomic mass is 9.77. The van der Waals surface area contributed by atoms with Gasteiger partial charge in [-0.15, -0.1) is 0 Å². The summed E-state index contributed by atoms with van der Waals surface area (Å²) in [6, 6.07) is 3.28. The Kier molecular flexibility index (Phi) is 3.50. The maximum absolute atomic E-state index is 10.0. The normalized spacial score (nSPS) is 19.0. The minimum atomic E-state index is -0.446. The van der Waals surface area contributed by atoms with E-state index in [1.165, 1.54) is 13.5 Å². The van der Waals surface area contributed by atoms with Crippen LogP contribution in [-0.4, -0.2) is 12.2 Å². The highest BCUT2D eigenvalue weighted by Crippen LogP contribution is 2.42. The third kappa shape index (κ3) is 2.35. The number of phenolic OH excluding ortho intramolecular Hbond substituents is 1. The summed E-state index contributed by atoms with van der Waals surface area (Å²) in [7, 11) is 1.53. The van der Waals surface area contributed by atoms with Gasteiger partial charge < -0.3 is 15.6 Å². The van der Waals surface area contributed by atoms with E-state index in [-0.39, 0.29) is 5.75 Å². The van der Waals surface area contributed by atoms with Crippen LogP contribution in [0.1, 0.15) is 37.7 Å². The molecule has 3 N–H and O–H groups in total. The first-order valence-electron chi connectivity index (χ1n) is 5.93. The van der Waals surface area contributed by atoms with Crippen molar-refractivity contribution in [2.45, 2.75) is 37.6 Å². The largest absolute Gasteiger partial charge is 0.507 e. The first-order valence-corrected chi connectivity index (χ1v) is 6.30. The molecular weight excluding hydrogens is 238 g/mol. The lowest BCUT2D eigenvalue weighted by Crippen LogP contribution is -2.38. The van der Waals surface area contributed by atoms with E-state index in [9.17, 15) is 5.11 Å². The van der Waals surface area contributed by atoms with Gasteiger partial charge in [-0.05, 0) is 18.9 Å². The third-order valence-electron chi connectivity index (χ3n) is 3.55. The number of phenols is 1. The van der Waals surface area contributed by atoms with Crippen LogP contribution in [0.2, 0.25) is 5.02 Å². The molecule has 94 valence electrons. The van der Waals surface area contributed by atoms with Gasteiger partial charge in [-0.3, -0.25) is 0 Å². The van der Waals surface area contributed by atoms with Gasteiger partial charge in [-0.1, -0.05) is 30.9 Å². The highest BCUT2D eigenvalue weighted by molar-refractivity contribution is 6.32. The van der Waals surface area contributed by atoms with Gasteiger partial charge in [0, 0.05) is 17.2 Å². The van der Waals surface area contributed by atoms with E-state index in [0.29, 0.717) is 10.8 Å². The number of ether oxygens (including phenoxy) is 1. The summed E-state index contributed by atoms with van der Waals surface area (Å²) in [6.45, 7) is 0. The number of hydrogen-bond acceptors (Lipinski definition) is 3. The summed E-state index contributed by atoms with van der Waals surface area (Å²) in [5.41, 5.74) is 6.67. The molecule has 0 bridgehead atoms. The molecule has 17 heavy (non-hydrogen) atoms. The van der Waals surface area contributed by atoms with E-state index in [2.05, 4.69) is 0 Å². The van der Waals surface area contributed by atoms with Crippen molar-refractivity contribution in [1.82, 2.24) is 0 Å². The maximum Gasteiger partial charge on any atom is 0.141 e. The van der Waals surface area contributed by atoms with Gasteiger partial charge in [0.2, 0.25) is 0 Å². The molecule has 0 amide bonds. The molecule has 0 heterocycles. The summed E-state index contributed by atoms with van der Waals surface area (Å²) in [6.07, 6.45) is 5.19. The summed E-state index contributed by atoms with van der Waals surface area (Å²) in [5.74, 6) is 0.656. The second kappa shape index (κ2) is 4.75. The van der Waals surface area contributed by atoms with E-state index in [1.54, 1.807) is 12.1 Å². The second-order valence-electron chi connectivity index (χ2n) is 4.72. The Morgan fingerprint density at radius 2 is 1.94 bits per heavy atom. The van der Waals surface area contributed by atoms with Crippen LogP contribution in [0.25, 0.3) is 0 Å². The zero-order chi connectivity index (χ0) is 12.5. The Bertz CT molecular complexity index is 414. The minimum Gasteiger partial charge on any atom is -0.507 e. The molecule has 0 unspecified atom stereocenters. The highest BCUT2D eigenvalue weighted by atomic mass is 35.5. The van der Waals surface area contributed by atoms with Gasteiger partial charge in [0.25, 0.3) is 0 Å². The van der Waals surface area contributed by atoms with Crippen molar-refractivity contribution in [3.8, 4) is 11.5 Å². The zero-order valence-corrected chi connectivity index (χ0v) is 10.8. The number of hydrogen-bond donors (Lipinski definition) is 2. The number of rotatable bonds is 2. The van der Waals surface area contributed by atoms with Crippen LogP contribution in [0.4, 0.5) is 0 Å². The molecule has 2 rings (SSSR count). The number of benzene rings is 1. The van der Waals surface area contributed by atoms with Crippen molar-refractivity contribution >= 4 is 11.6 Å². The molecule has 0 atom stereocenters. The van der Waals surface area contributed by atoms with Crippen molar-refractivity contribution in [2.24, 2.45) is 5.73 Å². The van der Waals surface area contributed by atoms with Gasteiger partial charge in [0.05, 0.1) is 12.1 Å². The summed E-state index contributed by atoms with van der Waals surface area (Å²) < 4.78 is 5.07. The zero-order valence-electron chi connectivity index (χ0n) is 10.0. The van der Waals surface area contributed by atoms with Crippen LogP contribution in [-0.2, 0) is 5.54 Å². The molecule has 1 aromatic carbocycles. The van der Waals surface area contributed by atoms with Gasteiger partial charge >= 0.3 is 0 Å². The van der Waals surface area contributed by atoms with E-state index in [0.717, 1.165) is 31.2 Å². The second-order valence-corrected chi connectivity index (χ2v) is 5.13. The van der Waals surface area contributed by atoms with Crippen LogP contribution in [0.15, 0.2) is 12.1 Å². The molecular formula is C13H18ClNO2. The topological polar surface area (TPSA) is 55.5 Å². The Morgan fingerprint density at radius 3 is 2.53 bits per heavy atom. The van der Waals surface area contributed by atoms with E-state index in [4.69, 9.17) is 22.1 Å². The Labute approximate surface area is 107 Å². The minimum absolute atomic E-state index is 0.177. The monoisotopic (exact) mass is 255 g/mol. The lowest BCUT2D eigenvalue weighted by molar-refractivity contribution is 0.291. The van der Waals surface area contributed by atoms with Crippen LogP contribution < -0.4 is 10.5 Å². The van der Waals surface area contributed by atoms with Gasteiger partial charge in [0.15, 0.2) is 0 Å². The molecule has 1 aromatic rings. The predicted octanol–water partition coefficient (Wildman–Crippen LogP) is 3.17. The average molecular weight is 256 g/mol. The van der Waals surface area contributed by atoms with Crippen molar-refractivity contribution in [3.05, 3.63) is 22.7 Å². The first-order chi connectivity index (χ1) is 8.07.